The van der Waals surface area contributed by atoms with E-state index in [9.17, 15) is 0 Å². The molecular formula is C15H18N2O2. The number of anilines is 2. The van der Waals surface area contributed by atoms with Crippen LogP contribution in [0.25, 0.3) is 0 Å². The third kappa shape index (κ3) is 3.81. The van der Waals surface area contributed by atoms with Gasteiger partial charge in [0.25, 0.3) is 0 Å². The summed E-state index contributed by atoms with van der Waals surface area (Å²) in [5.74, 6) is 1.50. The number of nitrogens with two attached hydrogens (primary N) is 1. The zero-order valence-corrected chi connectivity index (χ0v) is 10.9. The minimum Gasteiger partial charge on any atom is -0.493 e. The van der Waals surface area contributed by atoms with Crippen LogP contribution >= 0.6 is 0 Å². The molecule has 0 aromatic heterocycles. The van der Waals surface area contributed by atoms with Crippen LogP contribution < -0.4 is 20.5 Å². The molecule has 0 heterocycles. The summed E-state index contributed by atoms with van der Waals surface area (Å²) in [6, 6.07) is 15.2. The third-order valence-corrected chi connectivity index (χ3v) is 2.67. The Balaban J connectivity index is 1.79. The van der Waals surface area contributed by atoms with Crippen molar-refractivity contribution in [3.05, 3.63) is 48.5 Å². The highest BCUT2D eigenvalue weighted by molar-refractivity contribution is 5.51. The molecule has 19 heavy (non-hydrogen) atoms. The van der Waals surface area contributed by atoms with Gasteiger partial charge in [-0.1, -0.05) is 12.1 Å². The lowest BCUT2D eigenvalue weighted by Crippen LogP contribution is -2.11. The van der Waals surface area contributed by atoms with Gasteiger partial charge in [-0.2, -0.15) is 0 Å². The maximum absolute atomic E-state index is 5.66. The van der Waals surface area contributed by atoms with Crippen LogP contribution in [-0.2, 0) is 0 Å². The van der Waals surface area contributed by atoms with E-state index in [1.54, 1.807) is 7.11 Å². The predicted octanol–water partition coefficient (Wildman–Crippen LogP) is 2.77. The molecule has 0 unspecified atom stereocenters. The molecule has 2 aromatic carbocycles. The van der Waals surface area contributed by atoms with Crippen LogP contribution in [-0.4, -0.2) is 20.3 Å². The van der Waals surface area contributed by atoms with Crippen LogP contribution in [0.15, 0.2) is 48.5 Å². The van der Waals surface area contributed by atoms with E-state index in [1.165, 1.54) is 0 Å². The number of benzene rings is 2. The van der Waals surface area contributed by atoms with Gasteiger partial charge in [-0.3, -0.25) is 0 Å². The molecule has 0 atom stereocenters. The van der Waals surface area contributed by atoms with Gasteiger partial charge in [-0.15, -0.1) is 0 Å². The van der Waals surface area contributed by atoms with E-state index in [0.29, 0.717) is 13.2 Å². The zero-order valence-electron chi connectivity index (χ0n) is 10.9. The summed E-state index contributed by atoms with van der Waals surface area (Å²) in [5, 5.41) is 3.26. The Morgan fingerprint density at radius 3 is 2.37 bits per heavy atom. The molecule has 2 rings (SSSR count). The van der Waals surface area contributed by atoms with Crippen molar-refractivity contribution in [1.82, 2.24) is 0 Å². The van der Waals surface area contributed by atoms with Crippen molar-refractivity contribution < 1.29 is 9.47 Å². The normalized spacial score (nSPS) is 9.95. The lowest BCUT2D eigenvalue weighted by molar-refractivity contribution is 0.306. The van der Waals surface area contributed by atoms with Crippen molar-refractivity contribution in [1.29, 1.82) is 0 Å². The quantitative estimate of drug-likeness (QED) is 0.618. The Labute approximate surface area is 113 Å². The van der Waals surface area contributed by atoms with Crippen LogP contribution in [0.1, 0.15) is 0 Å². The van der Waals surface area contributed by atoms with E-state index < -0.39 is 0 Å². The van der Waals surface area contributed by atoms with Crippen LogP contribution in [0.5, 0.6) is 11.5 Å². The molecule has 0 spiro atoms. The Morgan fingerprint density at radius 2 is 1.68 bits per heavy atom. The second-order valence-corrected chi connectivity index (χ2v) is 4.05. The molecule has 100 valence electrons. The van der Waals surface area contributed by atoms with Crippen molar-refractivity contribution in [2.75, 3.05) is 31.3 Å². The molecule has 2 aromatic rings. The van der Waals surface area contributed by atoms with Crippen LogP contribution in [0.4, 0.5) is 11.4 Å². The van der Waals surface area contributed by atoms with Gasteiger partial charge < -0.3 is 20.5 Å². The predicted molar refractivity (Wildman–Crippen MR) is 77.8 cm³/mol. The first-order chi connectivity index (χ1) is 9.29. The third-order valence-electron chi connectivity index (χ3n) is 2.67. The van der Waals surface area contributed by atoms with E-state index in [4.69, 9.17) is 15.2 Å². The fraction of sp³-hybridized carbons (Fsp3) is 0.200. The molecule has 0 saturated carbocycles. The van der Waals surface area contributed by atoms with Gasteiger partial charge in [0.05, 0.1) is 7.11 Å². The molecule has 0 amide bonds. The summed E-state index contributed by atoms with van der Waals surface area (Å²) in [5.41, 5.74) is 7.41. The SMILES string of the molecule is COc1ccccc1OCCNc1ccc(N)cc1. The molecule has 3 N–H and O–H groups in total. The monoisotopic (exact) mass is 258 g/mol. The van der Waals surface area contributed by atoms with Crippen molar-refractivity contribution in [3.63, 3.8) is 0 Å². The molecule has 0 fully saturated rings. The summed E-state index contributed by atoms with van der Waals surface area (Å²) in [6.07, 6.45) is 0. The van der Waals surface area contributed by atoms with Crippen molar-refractivity contribution in [3.8, 4) is 11.5 Å². The second kappa shape index (κ2) is 6.54. The summed E-state index contributed by atoms with van der Waals surface area (Å²) < 4.78 is 10.9. The fourth-order valence-corrected chi connectivity index (χ4v) is 1.70. The van der Waals surface area contributed by atoms with Gasteiger partial charge >= 0.3 is 0 Å². The Bertz CT molecular complexity index is 512. The number of hydrogen-bond donors (Lipinski definition) is 2. The van der Waals surface area contributed by atoms with Gasteiger partial charge in [0.15, 0.2) is 11.5 Å². The highest BCUT2D eigenvalue weighted by atomic mass is 16.5. The molecular weight excluding hydrogens is 240 g/mol. The number of nitrogen functional groups attached to an aromatic ring is 1. The first-order valence-corrected chi connectivity index (χ1v) is 6.15. The van der Waals surface area contributed by atoms with Crippen molar-refractivity contribution in [2.24, 2.45) is 0 Å². The summed E-state index contributed by atoms with van der Waals surface area (Å²) >= 11 is 0. The van der Waals surface area contributed by atoms with E-state index >= 15 is 0 Å². The molecule has 0 aliphatic heterocycles. The van der Waals surface area contributed by atoms with E-state index in [-0.39, 0.29) is 0 Å². The maximum Gasteiger partial charge on any atom is 0.161 e. The summed E-state index contributed by atoms with van der Waals surface area (Å²) in [4.78, 5) is 0. The standard InChI is InChI=1S/C15H18N2O2/c1-18-14-4-2-3-5-15(14)19-11-10-17-13-8-6-12(16)7-9-13/h2-9,17H,10-11,16H2,1H3. The van der Waals surface area contributed by atoms with Gasteiger partial charge in [-0.25, -0.2) is 0 Å². The van der Waals surface area contributed by atoms with E-state index in [1.807, 2.05) is 48.5 Å². The van der Waals surface area contributed by atoms with Crippen LogP contribution in [0, 0.1) is 0 Å². The molecule has 0 saturated heterocycles. The van der Waals surface area contributed by atoms with Gasteiger partial charge in [0.2, 0.25) is 0 Å². The zero-order chi connectivity index (χ0) is 13.5. The average molecular weight is 258 g/mol. The van der Waals surface area contributed by atoms with Crippen molar-refractivity contribution >= 4 is 11.4 Å². The Hall–Kier alpha value is -2.36. The molecule has 4 heteroatoms. The lowest BCUT2D eigenvalue weighted by atomic mass is 10.3. The van der Waals surface area contributed by atoms with Crippen LogP contribution in [0.3, 0.4) is 0 Å². The minimum atomic E-state index is 0.560. The smallest absolute Gasteiger partial charge is 0.161 e. The molecule has 0 aliphatic rings. The largest absolute Gasteiger partial charge is 0.493 e. The summed E-state index contributed by atoms with van der Waals surface area (Å²) in [7, 11) is 1.63. The van der Waals surface area contributed by atoms with E-state index in [0.717, 1.165) is 22.9 Å². The molecule has 0 aliphatic carbocycles. The van der Waals surface area contributed by atoms with Crippen molar-refractivity contribution in [2.45, 2.75) is 0 Å². The fourth-order valence-electron chi connectivity index (χ4n) is 1.70. The molecule has 0 radical (unpaired) electrons. The topological polar surface area (TPSA) is 56.5 Å². The van der Waals surface area contributed by atoms with Gasteiger partial charge in [0, 0.05) is 17.9 Å². The molecule has 0 bridgehead atoms. The Kier molecular flexibility index (Phi) is 4.50. The number of hydrogen-bond acceptors (Lipinski definition) is 4. The average Bonchev–Trinajstić information content (AvgIpc) is 2.46. The van der Waals surface area contributed by atoms with Gasteiger partial charge in [0.1, 0.15) is 6.61 Å². The van der Waals surface area contributed by atoms with Crippen LogP contribution in [0.2, 0.25) is 0 Å². The highest BCUT2D eigenvalue weighted by Gasteiger charge is 2.01. The maximum atomic E-state index is 5.66. The summed E-state index contributed by atoms with van der Waals surface area (Å²) in [6.45, 7) is 1.27. The highest BCUT2D eigenvalue weighted by Crippen LogP contribution is 2.25. The second-order valence-electron chi connectivity index (χ2n) is 4.05. The number of nitrogens with one attached hydrogen (secondary N) is 1. The number of rotatable bonds is 6. The number of para-hydroxylation sites is 2. The Morgan fingerprint density at radius 1 is 1.00 bits per heavy atom. The number of methoxy groups -OCH3 is 1. The molecule has 4 nitrogen and oxygen atoms in total. The first-order valence-electron chi connectivity index (χ1n) is 6.15. The minimum absolute atomic E-state index is 0.560. The van der Waals surface area contributed by atoms with E-state index in [2.05, 4.69) is 5.32 Å². The first kappa shape index (κ1) is 13.1. The lowest BCUT2D eigenvalue weighted by Gasteiger charge is -2.11. The number of ether oxygens (including phenoxy) is 2. The van der Waals surface area contributed by atoms with Gasteiger partial charge in [-0.05, 0) is 36.4 Å².